The molecule has 29 heavy (non-hydrogen) atoms. The highest BCUT2D eigenvalue weighted by atomic mass is 32.2. The number of sulfone groups is 1. The average molecular weight is 413 g/mol. The number of hydrogen-bond donors (Lipinski definition) is 2. The Morgan fingerprint density at radius 2 is 1.86 bits per heavy atom. The van der Waals surface area contributed by atoms with Crippen LogP contribution in [0.1, 0.15) is 37.7 Å². The molecule has 0 atom stereocenters. The molecule has 0 saturated heterocycles. The van der Waals surface area contributed by atoms with Crippen LogP contribution in [0.3, 0.4) is 0 Å². The van der Waals surface area contributed by atoms with Gasteiger partial charge in [-0.25, -0.2) is 17.9 Å². The Balaban J connectivity index is 1.68. The van der Waals surface area contributed by atoms with E-state index in [4.69, 9.17) is 5.73 Å². The number of primary amides is 1. The van der Waals surface area contributed by atoms with Gasteiger partial charge in [-0.1, -0.05) is 24.3 Å². The maximum Gasteiger partial charge on any atom is 0.270 e. The zero-order valence-electron chi connectivity index (χ0n) is 15.6. The number of nitrogens with two attached hydrogens (primary N) is 1. The summed E-state index contributed by atoms with van der Waals surface area (Å²) in [6.07, 6.45) is 3.84. The van der Waals surface area contributed by atoms with Crippen LogP contribution in [-0.4, -0.2) is 47.1 Å². The molecule has 150 valence electrons. The third-order valence-corrected chi connectivity index (χ3v) is 5.65. The summed E-state index contributed by atoms with van der Waals surface area (Å²) in [5.41, 5.74) is 7.89. The normalized spacial score (nSPS) is 14.1. The Bertz CT molecular complexity index is 1220. The van der Waals surface area contributed by atoms with Crippen molar-refractivity contribution >= 4 is 27.3 Å². The second-order valence-electron chi connectivity index (χ2n) is 7.17. The predicted molar refractivity (Wildman–Crippen MR) is 105 cm³/mol. The fraction of sp³-hybridized carbons (Fsp3) is 0.263. The number of amides is 2. The molecule has 0 aliphatic heterocycles. The largest absolute Gasteiger partial charge is 0.365 e. The van der Waals surface area contributed by atoms with Gasteiger partial charge in [0.25, 0.3) is 11.8 Å². The second kappa shape index (κ2) is 6.96. The van der Waals surface area contributed by atoms with Crippen molar-refractivity contribution in [3.63, 3.8) is 0 Å². The van der Waals surface area contributed by atoms with Gasteiger partial charge in [0, 0.05) is 18.5 Å². The van der Waals surface area contributed by atoms with Crippen LogP contribution in [0.5, 0.6) is 0 Å². The van der Waals surface area contributed by atoms with E-state index in [9.17, 15) is 18.0 Å². The van der Waals surface area contributed by atoms with Crippen LogP contribution in [0.4, 0.5) is 0 Å². The Morgan fingerprint density at radius 1 is 1.21 bits per heavy atom. The van der Waals surface area contributed by atoms with Gasteiger partial charge in [0.15, 0.2) is 15.5 Å². The highest BCUT2D eigenvalue weighted by Gasteiger charge is 2.27. The Kier molecular flexibility index (Phi) is 4.58. The molecule has 1 aliphatic carbocycles. The monoisotopic (exact) mass is 413 g/mol. The first-order valence-corrected chi connectivity index (χ1v) is 11.0. The number of nitrogens with zero attached hydrogens (tertiary/aromatic N) is 3. The van der Waals surface area contributed by atoms with E-state index in [0.717, 1.165) is 19.1 Å². The van der Waals surface area contributed by atoms with Crippen molar-refractivity contribution in [3.05, 3.63) is 64.6 Å². The molecular weight excluding hydrogens is 394 g/mol. The van der Waals surface area contributed by atoms with Gasteiger partial charge in [-0.3, -0.25) is 9.59 Å². The van der Waals surface area contributed by atoms with Crippen molar-refractivity contribution in [1.82, 2.24) is 19.9 Å². The lowest BCUT2D eigenvalue weighted by Crippen LogP contribution is -2.36. The summed E-state index contributed by atoms with van der Waals surface area (Å²) in [7, 11) is -3.48. The van der Waals surface area contributed by atoms with Crippen LogP contribution >= 0.6 is 0 Å². The molecule has 0 radical (unpaired) electrons. The van der Waals surface area contributed by atoms with Gasteiger partial charge < -0.3 is 11.1 Å². The number of aromatic nitrogens is 3. The van der Waals surface area contributed by atoms with Crippen molar-refractivity contribution in [2.75, 3.05) is 6.26 Å². The van der Waals surface area contributed by atoms with Gasteiger partial charge in [-0.05, 0) is 30.0 Å². The van der Waals surface area contributed by atoms with E-state index < -0.39 is 21.5 Å². The number of carbonyl (C=O) groups is 2. The van der Waals surface area contributed by atoms with Crippen molar-refractivity contribution in [2.45, 2.75) is 24.6 Å². The molecule has 0 unspecified atom stereocenters. The Labute approximate surface area is 166 Å². The van der Waals surface area contributed by atoms with Gasteiger partial charge in [-0.15, -0.1) is 0 Å². The summed E-state index contributed by atoms with van der Waals surface area (Å²) < 4.78 is 24.6. The van der Waals surface area contributed by atoms with Gasteiger partial charge in [0.2, 0.25) is 0 Å². The minimum absolute atomic E-state index is 0.0268. The average Bonchev–Trinajstić information content (AvgIpc) is 3.19. The van der Waals surface area contributed by atoms with Crippen molar-refractivity contribution < 1.29 is 18.0 Å². The topological polar surface area (TPSA) is 137 Å². The molecule has 0 spiro atoms. The van der Waals surface area contributed by atoms with Crippen molar-refractivity contribution in [2.24, 2.45) is 5.73 Å². The zero-order chi connectivity index (χ0) is 20.8. The van der Waals surface area contributed by atoms with Gasteiger partial charge >= 0.3 is 0 Å². The van der Waals surface area contributed by atoms with Crippen molar-refractivity contribution in [3.8, 4) is 0 Å². The SMILES string of the molecule is CS(=O)(=O)Cc1nn2c(C(=O)NC3Cc4ccccc4C3)ccnc2c1C(N)=O. The highest BCUT2D eigenvalue weighted by Crippen LogP contribution is 2.22. The molecule has 9 nitrogen and oxygen atoms in total. The molecule has 1 aromatic carbocycles. The lowest BCUT2D eigenvalue weighted by molar-refractivity contribution is 0.0929. The molecule has 4 rings (SSSR count). The third-order valence-electron chi connectivity index (χ3n) is 4.86. The first-order chi connectivity index (χ1) is 13.7. The quantitative estimate of drug-likeness (QED) is 0.616. The number of nitrogens with one attached hydrogen (secondary N) is 1. The van der Waals surface area contributed by atoms with Crippen LogP contribution in [0.2, 0.25) is 0 Å². The van der Waals surface area contributed by atoms with E-state index in [1.54, 1.807) is 0 Å². The molecule has 2 aromatic heterocycles. The van der Waals surface area contributed by atoms with Crippen LogP contribution in [0.25, 0.3) is 5.65 Å². The van der Waals surface area contributed by atoms with E-state index in [0.29, 0.717) is 0 Å². The van der Waals surface area contributed by atoms with E-state index in [2.05, 4.69) is 15.4 Å². The summed E-state index contributed by atoms with van der Waals surface area (Å²) in [5, 5.41) is 7.15. The van der Waals surface area contributed by atoms with Gasteiger partial charge in [0.05, 0.1) is 11.4 Å². The molecule has 2 amide bonds. The molecule has 2 heterocycles. The summed E-state index contributed by atoms with van der Waals surface area (Å²) in [5.74, 6) is -1.72. The number of benzene rings is 1. The van der Waals surface area contributed by atoms with Gasteiger partial charge in [0.1, 0.15) is 11.3 Å². The van der Waals surface area contributed by atoms with Crippen LogP contribution in [0.15, 0.2) is 36.5 Å². The minimum atomic E-state index is -3.48. The smallest absolute Gasteiger partial charge is 0.270 e. The first-order valence-electron chi connectivity index (χ1n) is 8.94. The second-order valence-corrected chi connectivity index (χ2v) is 9.31. The lowest BCUT2D eigenvalue weighted by atomic mass is 10.1. The minimum Gasteiger partial charge on any atom is -0.365 e. The molecular formula is C19H19N5O4S. The van der Waals surface area contributed by atoms with E-state index in [-0.39, 0.29) is 34.5 Å². The molecule has 1 aliphatic rings. The zero-order valence-corrected chi connectivity index (χ0v) is 16.4. The fourth-order valence-electron chi connectivity index (χ4n) is 3.68. The number of fused-ring (bicyclic) bond motifs is 2. The summed E-state index contributed by atoms with van der Waals surface area (Å²) in [4.78, 5) is 28.9. The van der Waals surface area contributed by atoms with Gasteiger partial charge in [-0.2, -0.15) is 5.10 Å². The van der Waals surface area contributed by atoms with E-state index >= 15 is 0 Å². The number of hydrogen-bond acceptors (Lipinski definition) is 6. The van der Waals surface area contributed by atoms with Crippen LogP contribution in [-0.2, 0) is 28.4 Å². The van der Waals surface area contributed by atoms with Crippen LogP contribution < -0.4 is 11.1 Å². The Hall–Kier alpha value is -3.27. The molecule has 0 fully saturated rings. The predicted octanol–water partition coefficient (Wildman–Crippen LogP) is 0.270. The van der Waals surface area contributed by atoms with Crippen LogP contribution in [0, 0.1) is 0 Å². The number of carbonyl (C=O) groups excluding carboxylic acids is 2. The summed E-state index contributed by atoms with van der Waals surface area (Å²) in [6.45, 7) is 0. The lowest BCUT2D eigenvalue weighted by Gasteiger charge is -2.12. The third kappa shape index (κ3) is 3.70. The van der Waals surface area contributed by atoms with E-state index in [1.807, 2.05) is 24.3 Å². The summed E-state index contributed by atoms with van der Waals surface area (Å²) >= 11 is 0. The van der Waals surface area contributed by atoms with E-state index in [1.165, 1.54) is 27.9 Å². The molecule has 0 bridgehead atoms. The molecule has 3 aromatic rings. The fourth-order valence-corrected chi connectivity index (χ4v) is 4.38. The van der Waals surface area contributed by atoms with Crippen molar-refractivity contribution in [1.29, 1.82) is 0 Å². The first kappa shape index (κ1) is 19.1. The summed E-state index contributed by atoms with van der Waals surface area (Å²) in [6, 6.07) is 9.41. The molecule has 10 heteroatoms. The number of rotatable bonds is 5. The molecule has 0 saturated carbocycles. The highest BCUT2D eigenvalue weighted by molar-refractivity contribution is 7.89. The maximum atomic E-state index is 12.9. The molecule has 3 N–H and O–H groups in total. The Morgan fingerprint density at radius 3 is 2.45 bits per heavy atom. The maximum absolute atomic E-state index is 12.9. The standard InChI is InChI=1S/C19H19N5O4S/c1-29(27,28)10-14-16(17(20)25)18-21-7-6-15(24(18)23-14)19(26)22-13-8-11-4-2-3-5-12(11)9-13/h2-7,13H,8-10H2,1H3,(H2,20,25)(H,22,26).